The highest BCUT2D eigenvalue weighted by Gasteiger charge is 2.21. The van der Waals surface area contributed by atoms with E-state index in [1.165, 1.54) is 17.8 Å². The SMILES string of the molecule is Cc1cn2nc(-c3nc4sc(C5CCNCC5)nc4s3)cc(C)c2n1. The van der Waals surface area contributed by atoms with Gasteiger partial charge in [0.2, 0.25) is 0 Å². The predicted molar refractivity (Wildman–Crippen MR) is 102 cm³/mol. The van der Waals surface area contributed by atoms with E-state index in [0.717, 1.165) is 50.4 Å². The molecule has 25 heavy (non-hydrogen) atoms. The summed E-state index contributed by atoms with van der Waals surface area (Å²) in [7, 11) is 0. The molecule has 1 N–H and O–H groups in total. The molecule has 0 amide bonds. The largest absolute Gasteiger partial charge is 0.317 e. The van der Waals surface area contributed by atoms with Gasteiger partial charge in [0.1, 0.15) is 10.7 Å². The number of nitrogens with one attached hydrogen (secondary N) is 1. The average Bonchev–Trinajstić information content (AvgIpc) is 3.27. The summed E-state index contributed by atoms with van der Waals surface area (Å²) in [6, 6.07) is 2.07. The fourth-order valence-electron chi connectivity index (χ4n) is 3.36. The fourth-order valence-corrected chi connectivity index (χ4v) is 5.53. The Morgan fingerprint density at radius 2 is 1.88 bits per heavy atom. The summed E-state index contributed by atoms with van der Waals surface area (Å²) in [5.74, 6) is 0.585. The van der Waals surface area contributed by atoms with Crippen LogP contribution in [0.4, 0.5) is 0 Å². The molecule has 6 nitrogen and oxygen atoms in total. The van der Waals surface area contributed by atoms with E-state index in [-0.39, 0.29) is 0 Å². The molecule has 0 spiro atoms. The molecule has 128 valence electrons. The molecule has 1 saturated heterocycles. The molecule has 4 aromatic heterocycles. The maximum Gasteiger partial charge on any atom is 0.156 e. The Labute approximate surface area is 153 Å². The van der Waals surface area contributed by atoms with Crippen molar-refractivity contribution in [2.75, 3.05) is 13.1 Å². The highest BCUT2D eigenvalue weighted by molar-refractivity contribution is 7.28. The molecular weight excluding hydrogens is 352 g/mol. The first-order chi connectivity index (χ1) is 12.2. The van der Waals surface area contributed by atoms with E-state index in [1.807, 2.05) is 17.6 Å². The maximum atomic E-state index is 4.87. The summed E-state index contributed by atoms with van der Waals surface area (Å²) >= 11 is 3.38. The van der Waals surface area contributed by atoms with Crippen molar-refractivity contribution < 1.29 is 0 Å². The van der Waals surface area contributed by atoms with Crippen molar-refractivity contribution in [2.45, 2.75) is 32.6 Å². The summed E-state index contributed by atoms with van der Waals surface area (Å²) in [5.41, 5.74) is 3.88. The van der Waals surface area contributed by atoms with Gasteiger partial charge >= 0.3 is 0 Å². The van der Waals surface area contributed by atoms with Crippen molar-refractivity contribution in [3.8, 4) is 10.7 Å². The average molecular weight is 371 g/mol. The number of nitrogens with zero attached hydrogens (tertiary/aromatic N) is 5. The summed E-state index contributed by atoms with van der Waals surface area (Å²) in [6.45, 7) is 6.23. The minimum Gasteiger partial charge on any atom is -0.317 e. The Kier molecular flexibility index (Phi) is 3.58. The second-order valence-electron chi connectivity index (χ2n) is 6.57. The van der Waals surface area contributed by atoms with E-state index >= 15 is 0 Å². The molecule has 0 atom stereocenters. The third-order valence-corrected chi connectivity index (χ3v) is 6.84. The Balaban J connectivity index is 1.53. The van der Waals surface area contributed by atoms with Crippen LogP contribution in [0.15, 0.2) is 12.3 Å². The molecular formula is C17H18N6S2. The summed E-state index contributed by atoms with van der Waals surface area (Å²) in [4.78, 5) is 16.3. The van der Waals surface area contributed by atoms with Gasteiger partial charge in [0, 0.05) is 5.92 Å². The molecule has 0 bridgehead atoms. The van der Waals surface area contributed by atoms with Crippen LogP contribution in [0, 0.1) is 13.8 Å². The maximum absolute atomic E-state index is 4.87. The summed E-state index contributed by atoms with van der Waals surface area (Å²) in [6.07, 6.45) is 4.30. The molecule has 8 heteroatoms. The zero-order valence-electron chi connectivity index (χ0n) is 14.1. The number of thiazole rings is 2. The standard InChI is InChI=1S/C17H18N6S2/c1-9-7-12(22-23-8-10(2)19-13(9)23)15-21-17-16(25-15)20-14(24-17)11-3-5-18-6-4-11/h7-8,11,18H,3-6H2,1-2H3. The number of hydrogen-bond donors (Lipinski definition) is 1. The molecule has 0 radical (unpaired) electrons. The third kappa shape index (κ3) is 2.65. The van der Waals surface area contributed by atoms with Gasteiger partial charge in [-0.2, -0.15) is 5.10 Å². The van der Waals surface area contributed by atoms with E-state index in [1.54, 1.807) is 22.7 Å². The highest BCUT2D eigenvalue weighted by Crippen LogP contribution is 2.37. The van der Waals surface area contributed by atoms with Crippen molar-refractivity contribution in [1.82, 2.24) is 29.9 Å². The number of aryl methyl sites for hydroxylation is 2. The van der Waals surface area contributed by atoms with E-state index in [2.05, 4.69) is 28.4 Å². The molecule has 1 aliphatic heterocycles. The minimum atomic E-state index is 0.585. The second kappa shape index (κ2) is 5.82. The van der Waals surface area contributed by atoms with Crippen LogP contribution < -0.4 is 5.32 Å². The van der Waals surface area contributed by atoms with Gasteiger partial charge in [-0.3, -0.25) is 0 Å². The normalized spacial score (nSPS) is 16.2. The lowest BCUT2D eigenvalue weighted by atomic mass is 9.99. The van der Waals surface area contributed by atoms with Gasteiger partial charge in [0.15, 0.2) is 15.3 Å². The van der Waals surface area contributed by atoms with Crippen LogP contribution in [0.3, 0.4) is 0 Å². The molecule has 5 heterocycles. The minimum absolute atomic E-state index is 0.585. The van der Waals surface area contributed by atoms with Crippen molar-refractivity contribution in [3.05, 3.63) is 28.5 Å². The molecule has 0 saturated carbocycles. The van der Waals surface area contributed by atoms with Crippen molar-refractivity contribution in [3.63, 3.8) is 0 Å². The number of fused-ring (bicyclic) bond motifs is 2. The van der Waals surface area contributed by atoms with Crippen molar-refractivity contribution in [1.29, 1.82) is 0 Å². The lowest BCUT2D eigenvalue weighted by Gasteiger charge is -2.20. The monoisotopic (exact) mass is 370 g/mol. The molecule has 0 aromatic carbocycles. The number of imidazole rings is 1. The quantitative estimate of drug-likeness (QED) is 0.584. The van der Waals surface area contributed by atoms with Gasteiger partial charge in [0.25, 0.3) is 0 Å². The van der Waals surface area contributed by atoms with Gasteiger partial charge in [-0.05, 0) is 51.4 Å². The van der Waals surface area contributed by atoms with E-state index in [0.29, 0.717) is 5.92 Å². The smallest absolute Gasteiger partial charge is 0.156 e. The second-order valence-corrected chi connectivity index (χ2v) is 8.56. The van der Waals surface area contributed by atoms with Gasteiger partial charge in [-0.25, -0.2) is 19.5 Å². The Hall–Kier alpha value is -1.90. The van der Waals surface area contributed by atoms with E-state index in [9.17, 15) is 0 Å². The first-order valence-corrected chi connectivity index (χ1v) is 10.1. The van der Waals surface area contributed by atoms with Gasteiger partial charge in [-0.1, -0.05) is 22.7 Å². The van der Waals surface area contributed by atoms with Crippen LogP contribution in [0.2, 0.25) is 0 Å². The third-order valence-electron chi connectivity index (χ3n) is 4.63. The predicted octanol–water partition coefficient (Wildman–Crippen LogP) is 3.55. The molecule has 4 aromatic rings. The molecule has 5 rings (SSSR count). The molecule has 0 aliphatic carbocycles. The fraction of sp³-hybridized carbons (Fsp3) is 0.412. The number of hydrogen-bond acceptors (Lipinski definition) is 7. The summed E-state index contributed by atoms with van der Waals surface area (Å²) < 4.78 is 1.85. The number of piperidine rings is 1. The van der Waals surface area contributed by atoms with Gasteiger partial charge in [-0.15, -0.1) is 0 Å². The van der Waals surface area contributed by atoms with Crippen molar-refractivity contribution >= 4 is 38.0 Å². The van der Waals surface area contributed by atoms with Gasteiger partial charge in [0.05, 0.1) is 16.9 Å². The van der Waals surface area contributed by atoms with Crippen molar-refractivity contribution in [2.24, 2.45) is 0 Å². The Bertz CT molecular complexity index is 1040. The molecule has 1 aliphatic rings. The van der Waals surface area contributed by atoms with Crippen LogP contribution in [0.5, 0.6) is 0 Å². The van der Waals surface area contributed by atoms with Crippen LogP contribution in [-0.2, 0) is 0 Å². The van der Waals surface area contributed by atoms with Gasteiger partial charge < -0.3 is 5.32 Å². The topological polar surface area (TPSA) is 68.0 Å². The van der Waals surface area contributed by atoms with E-state index < -0.39 is 0 Å². The molecule has 0 unspecified atom stereocenters. The lowest BCUT2D eigenvalue weighted by Crippen LogP contribution is -2.26. The Morgan fingerprint density at radius 3 is 2.68 bits per heavy atom. The van der Waals surface area contributed by atoms with Crippen LogP contribution in [0.1, 0.15) is 35.0 Å². The zero-order valence-corrected chi connectivity index (χ0v) is 15.7. The highest BCUT2D eigenvalue weighted by atomic mass is 32.1. The summed E-state index contributed by atoms with van der Waals surface area (Å²) in [5, 5.41) is 10.3. The first-order valence-electron chi connectivity index (χ1n) is 8.49. The van der Waals surface area contributed by atoms with Crippen LogP contribution in [0.25, 0.3) is 26.0 Å². The van der Waals surface area contributed by atoms with E-state index in [4.69, 9.17) is 9.97 Å². The first kappa shape index (κ1) is 15.4. The lowest BCUT2D eigenvalue weighted by molar-refractivity contribution is 0.459. The van der Waals surface area contributed by atoms with Crippen LogP contribution >= 0.6 is 22.7 Å². The number of aromatic nitrogens is 5. The number of rotatable bonds is 2. The zero-order chi connectivity index (χ0) is 17.0. The Morgan fingerprint density at radius 1 is 1.08 bits per heavy atom. The van der Waals surface area contributed by atoms with Crippen LogP contribution in [-0.4, -0.2) is 37.7 Å². The molecule has 1 fully saturated rings.